The molecular formula is C17H23N3O4. The number of carbonyl (C=O) groups is 2. The van der Waals surface area contributed by atoms with Crippen molar-refractivity contribution >= 4 is 11.9 Å². The minimum Gasteiger partial charge on any atom is -0.454 e. The van der Waals surface area contributed by atoms with Gasteiger partial charge in [-0.2, -0.15) is 0 Å². The van der Waals surface area contributed by atoms with Crippen molar-refractivity contribution in [3.63, 3.8) is 0 Å². The van der Waals surface area contributed by atoms with E-state index in [9.17, 15) is 9.59 Å². The second-order valence-electron chi connectivity index (χ2n) is 6.12. The molecule has 0 atom stereocenters. The predicted molar refractivity (Wildman–Crippen MR) is 88.1 cm³/mol. The van der Waals surface area contributed by atoms with E-state index in [2.05, 4.69) is 10.6 Å². The van der Waals surface area contributed by atoms with Crippen LogP contribution in [0.4, 0.5) is 4.79 Å². The molecule has 3 rings (SSSR count). The molecule has 0 saturated carbocycles. The molecule has 1 fully saturated rings. The van der Waals surface area contributed by atoms with E-state index in [1.165, 1.54) is 0 Å². The largest absolute Gasteiger partial charge is 0.454 e. The lowest BCUT2D eigenvalue weighted by atomic mass is 10.1. The van der Waals surface area contributed by atoms with Gasteiger partial charge >= 0.3 is 6.03 Å². The number of carbonyl (C=O) groups excluding carboxylic acids is 2. The van der Waals surface area contributed by atoms with Crippen molar-refractivity contribution in [3.8, 4) is 11.5 Å². The molecule has 0 unspecified atom stereocenters. The second-order valence-corrected chi connectivity index (χ2v) is 6.12. The van der Waals surface area contributed by atoms with Crippen LogP contribution in [-0.4, -0.2) is 49.3 Å². The fraction of sp³-hybridized carbons (Fsp3) is 0.529. The highest BCUT2D eigenvalue weighted by atomic mass is 16.7. The molecule has 0 aliphatic carbocycles. The minimum atomic E-state index is -0.156. The van der Waals surface area contributed by atoms with Gasteiger partial charge in [0.1, 0.15) is 0 Å². The van der Waals surface area contributed by atoms with Crippen LogP contribution in [-0.2, 0) is 11.2 Å². The number of rotatable bonds is 4. The fourth-order valence-corrected chi connectivity index (χ4v) is 2.99. The van der Waals surface area contributed by atoms with Gasteiger partial charge in [-0.3, -0.25) is 4.79 Å². The van der Waals surface area contributed by atoms with Gasteiger partial charge in [0, 0.05) is 32.6 Å². The zero-order valence-corrected chi connectivity index (χ0v) is 13.8. The van der Waals surface area contributed by atoms with Gasteiger partial charge in [-0.05, 0) is 37.0 Å². The maximum atomic E-state index is 12.0. The fourth-order valence-electron chi connectivity index (χ4n) is 2.99. The summed E-state index contributed by atoms with van der Waals surface area (Å²) in [6.45, 7) is 3.81. The number of fused-ring (bicyclic) bond motifs is 1. The number of benzene rings is 1. The van der Waals surface area contributed by atoms with Crippen LogP contribution in [0, 0.1) is 0 Å². The van der Waals surface area contributed by atoms with Gasteiger partial charge in [-0.15, -0.1) is 0 Å². The van der Waals surface area contributed by atoms with Crippen LogP contribution in [0.15, 0.2) is 18.2 Å². The Morgan fingerprint density at radius 1 is 1.21 bits per heavy atom. The van der Waals surface area contributed by atoms with Gasteiger partial charge < -0.3 is 25.0 Å². The Hall–Kier alpha value is -2.44. The van der Waals surface area contributed by atoms with Gasteiger partial charge in [0.05, 0.1) is 0 Å². The second kappa shape index (κ2) is 7.42. The lowest BCUT2D eigenvalue weighted by Gasteiger charge is -2.31. The summed E-state index contributed by atoms with van der Waals surface area (Å²) < 4.78 is 10.6. The smallest absolute Gasteiger partial charge is 0.315 e. The van der Waals surface area contributed by atoms with Gasteiger partial charge in [0.25, 0.3) is 0 Å². The van der Waals surface area contributed by atoms with Crippen LogP contribution in [0.1, 0.15) is 25.3 Å². The number of amides is 3. The molecule has 3 amide bonds. The number of urea groups is 1. The Labute approximate surface area is 141 Å². The van der Waals surface area contributed by atoms with Crippen molar-refractivity contribution in [1.82, 2.24) is 15.5 Å². The Morgan fingerprint density at radius 2 is 1.96 bits per heavy atom. The van der Waals surface area contributed by atoms with Crippen molar-refractivity contribution in [3.05, 3.63) is 23.8 Å². The standard InChI is InChI=1S/C17H23N3O4/c1-12(21)20-8-5-14(6-9-20)19-17(22)18-7-4-13-2-3-15-16(10-13)24-11-23-15/h2-3,10,14H,4-9,11H2,1H3,(H2,18,19,22). The summed E-state index contributed by atoms with van der Waals surface area (Å²) in [5.41, 5.74) is 1.09. The van der Waals surface area contributed by atoms with E-state index in [0.29, 0.717) is 19.6 Å². The molecule has 7 nitrogen and oxygen atoms in total. The molecule has 0 spiro atoms. The van der Waals surface area contributed by atoms with E-state index in [0.717, 1.165) is 36.3 Å². The molecular weight excluding hydrogens is 310 g/mol. The SMILES string of the molecule is CC(=O)N1CCC(NC(=O)NCCc2ccc3c(c2)OCO3)CC1. The Kier molecular flexibility index (Phi) is 5.08. The first kappa shape index (κ1) is 16.4. The molecule has 1 aromatic rings. The van der Waals surface area contributed by atoms with Crippen molar-refractivity contribution in [2.75, 3.05) is 26.4 Å². The summed E-state index contributed by atoms with van der Waals surface area (Å²) in [7, 11) is 0. The highest BCUT2D eigenvalue weighted by Crippen LogP contribution is 2.32. The summed E-state index contributed by atoms with van der Waals surface area (Å²) in [6.07, 6.45) is 2.33. The Morgan fingerprint density at radius 3 is 2.71 bits per heavy atom. The quantitative estimate of drug-likeness (QED) is 0.869. The molecule has 7 heteroatoms. The van der Waals surface area contributed by atoms with E-state index in [1.54, 1.807) is 6.92 Å². The zero-order chi connectivity index (χ0) is 16.9. The molecule has 0 radical (unpaired) electrons. The third kappa shape index (κ3) is 4.10. The topological polar surface area (TPSA) is 79.9 Å². The maximum Gasteiger partial charge on any atom is 0.315 e. The third-order valence-electron chi connectivity index (χ3n) is 4.41. The zero-order valence-electron chi connectivity index (χ0n) is 13.8. The number of nitrogens with zero attached hydrogens (tertiary/aromatic N) is 1. The van der Waals surface area contributed by atoms with Gasteiger partial charge in [-0.25, -0.2) is 4.79 Å². The van der Waals surface area contributed by atoms with Crippen LogP contribution >= 0.6 is 0 Å². The summed E-state index contributed by atoms with van der Waals surface area (Å²) in [5, 5.41) is 5.85. The average molecular weight is 333 g/mol. The Bertz CT molecular complexity index is 612. The molecule has 1 saturated heterocycles. The summed E-state index contributed by atoms with van der Waals surface area (Å²) in [4.78, 5) is 25.1. The molecule has 0 aromatic heterocycles. The van der Waals surface area contributed by atoms with Crippen LogP contribution in [0.25, 0.3) is 0 Å². The van der Waals surface area contributed by atoms with Crippen LogP contribution < -0.4 is 20.1 Å². The van der Waals surface area contributed by atoms with E-state index in [-0.39, 0.29) is 24.8 Å². The lowest BCUT2D eigenvalue weighted by Crippen LogP contribution is -2.49. The third-order valence-corrected chi connectivity index (χ3v) is 4.41. The first-order valence-corrected chi connectivity index (χ1v) is 8.30. The number of piperidine rings is 1. The van der Waals surface area contributed by atoms with Crippen molar-refractivity contribution in [2.45, 2.75) is 32.2 Å². The van der Waals surface area contributed by atoms with Crippen LogP contribution in [0.5, 0.6) is 11.5 Å². The van der Waals surface area contributed by atoms with E-state index < -0.39 is 0 Å². The molecule has 24 heavy (non-hydrogen) atoms. The normalized spacial score (nSPS) is 16.8. The molecule has 0 bridgehead atoms. The van der Waals surface area contributed by atoms with Crippen molar-refractivity contribution in [1.29, 1.82) is 0 Å². The van der Waals surface area contributed by atoms with Crippen molar-refractivity contribution < 1.29 is 19.1 Å². The number of hydrogen-bond acceptors (Lipinski definition) is 4. The highest BCUT2D eigenvalue weighted by molar-refractivity contribution is 5.75. The van der Waals surface area contributed by atoms with Gasteiger partial charge in [0.2, 0.25) is 12.7 Å². The number of hydrogen-bond donors (Lipinski definition) is 2. The molecule has 2 aliphatic rings. The first-order chi connectivity index (χ1) is 11.6. The highest BCUT2D eigenvalue weighted by Gasteiger charge is 2.21. The molecule has 130 valence electrons. The maximum absolute atomic E-state index is 12.0. The van der Waals surface area contributed by atoms with Gasteiger partial charge in [-0.1, -0.05) is 6.07 Å². The summed E-state index contributed by atoms with van der Waals surface area (Å²) in [6, 6.07) is 5.79. The average Bonchev–Trinajstić information content (AvgIpc) is 3.03. The number of nitrogens with one attached hydrogen (secondary N) is 2. The molecule has 2 N–H and O–H groups in total. The number of likely N-dealkylation sites (tertiary alicyclic amines) is 1. The molecule has 1 aromatic carbocycles. The Balaban J connectivity index is 1.36. The van der Waals surface area contributed by atoms with E-state index >= 15 is 0 Å². The van der Waals surface area contributed by atoms with Crippen molar-refractivity contribution in [2.24, 2.45) is 0 Å². The predicted octanol–water partition coefficient (Wildman–Crippen LogP) is 1.27. The van der Waals surface area contributed by atoms with Crippen LogP contribution in [0.3, 0.4) is 0 Å². The molecule has 2 heterocycles. The number of ether oxygens (including phenoxy) is 2. The minimum absolute atomic E-state index is 0.0987. The monoisotopic (exact) mass is 333 g/mol. The van der Waals surface area contributed by atoms with Crippen LogP contribution in [0.2, 0.25) is 0 Å². The van der Waals surface area contributed by atoms with E-state index in [4.69, 9.17) is 9.47 Å². The first-order valence-electron chi connectivity index (χ1n) is 8.30. The van der Waals surface area contributed by atoms with E-state index in [1.807, 2.05) is 23.1 Å². The van der Waals surface area contributed by atoms with Gasteiger partial charge in [0.15, 0.2) is 11.5 Å². The lowest BCUT2D eigenvalue weighted by molar-refractivity contribution is -0.129. The molecule has 2 aliphatic heterocycles. The summed E-state index contributed by atoms with van der Waals surface area (Å²) in [5.74, 6) is 1.62. The summed E-state index contributed by atoms with van der Waals surface area (Å²) >= 11 is 0.